The van der Waals surface area contributed by atoms with Gasteiger partial charge in [-0.15, -0.1) is 16.6 Å². The minimum absolute atomic E-state index is 0.669. The van der Waals surface area contributed by atoms with Crippen LogP contribution in [0.2, 0.25) is 0 Å². The van der Waals surface area contributed by atoms with E-state index in [9.17, 15) is 0 Å². The van der Waals surface area contributed by atoms with Crippen molar-refractivity contribution in [2.24, 2.45) is 0 Å². The van der Waals surface area contributed by atoms with Crippen molar-refractivity contribution in [1.29, 1.82) is 5.26 Å². The molecule has 0 aliphatic rings. The molecule has 0 saturated heterocycles. The molecular formula is C6H5NOS. The zero-order chi connectivity index (χ0) is 6.69. The van der Waals surface area contributed by atoms with Crippen LogP contribution in [-0.4, -0.2) is 0 Å². The average Bonchev–Trinajstić information content (AvgIpc) is 2.18. The summed E-state index contributed by atoms with van der Waals surface area (Å²) in [5.41, 5.74) is 1.02. The normalized spacial score (nSPS) is 8.44. The molecule has 0 aliphatic carbocycles. The Morgan fingerprint density at radius 2 is 2.44 bits per heavy atom. The fraction of sp³-hybridized carbons (Fsp3) is 0.167. The van der Waals surface area contributed by atoms with E-state index in [-0.39, 0.29) is 0 Å². The summed E-state index contributed by atoms with van der Waals surface area (Å²) in [7, 11) is 0. The molecule has 1 rings (SSSR count). The van der Waals surface area contributed by atoms with Gasteiger partial charge < -0.3 is 4.74 Å². The number of nitrogens with zero attached hydrogens (tertiary/aromatic N) is 1. The number of nitriles is 1. The van der Waals surface area contributed by atoms with Crippen molar-refractivity contribution >= 4 is 11.3 Å². The van der Waals surface area contributed by atoms with Crippen LogP contribution in [0.4, 0.5) is 0 Å². The molecule has 0 spiro atoms. The van der Waals surface area contributed by atoms with Gasteiger partial charge in [-0.1, -0.05) is 0 Å². The second kappa shape index (κ2) is 2.51. The third-order valence-corrected chi connectivity index (χ3v) is 1.80. The van der Waals surface area contributed by atoms with Crippen molar-refractivity contribution in [2.45, 2.75) is 6.92 Å². The Morgan fingerprint density at radius 3 is 2.89 bits per heavy atom. The fourth-order valence-corrected chi connectivity index (χ4v) is 1.25. The fourth-order valence-electron chi connectivity index (χ4n) is 0.503. The molecule has 46 valence electrons. The van der Waals surface area contributed by atoms with E-state index >= 15 is 0 Å². The number of hydrogen-bond donors (Lipinski definition) is 0. The lowest BCUT2D eigenvalue weighted by molar-refractivity contribution is 0.506. The quantitative estimate of drug-likeness (QED) is 0.557. The van der Waals surface area contributed by atoms with Crippen molar-refractivity contribution in [3.8, 4) is 12.0 Å². The first kappa shape index (κ1) is 6.12. The molecule has 1 aromatic rings. The van der Waals surface area contributed by atoms with Crippen molar-refractivity contribution in [3.63, 3.8) is 0 Å². The number of hydrogen-bond acceptors (Lipinski definition) is 3. The predicted molar refractivity (Wildman–Crippen MR) is 35.3 cm³/mol. The molecule has 0 N–H and O–H groups in total. The van der Waals surface area contributed by atoms with E-state index in [1.165, 1.54) is 11.3 Å². The van der Waals surface area contributed by atoms with Crippen LogP contribution in [0.25, 0.3) is 0 Å². The van der Waals surface area contributed by atoms with Crippen molar-refractivity contribution in [1.82, 2.24) is 0 Å². The first-order valence-corrected chi connectivity index (χ1v) is 3.37. The highest BCUT2D eigenvalue weighted by atomic mass is 32.1. The molecule has 1 heterocycles. The molecule has 3 heteroatoms. The highest BCUT2D eigenvalue weighted by Crippen LogP contribution is 2.21. The molecule has 0 unspecified atom stereocenters. The Bertz CT molecular complexity index is 235. The van der Waals surface area contributed by atoms with E-state index < -0.39 is 0 Å². The van der Waals surface area contributed by atoms with Crippen LogP contribution in [0.3, 0.4) is 0 Å². The molecule has 0 fully saturated rings. The lowest BCUT2D eigenvalue weighted by atomic mass is 10.4. The van der Waals surface area contributed by atoms with Gasteiger partial charge in [0, 0.05) is 10.9 Å². The second-order valence-corrected chi connectivity index (χ2v) is 2.36. The first-order valence-electron chi connectivity index (χ1n) is 2.43. The standard InChI is InChI=1S/C6H5NOS/c1-5-2-9-3-6(5)8-4-7/h2-3H,1H3. The van der Waals surface area contributed by atoms with E-state index in [4.69, 9.17) is 5.26 Å². The van der Waals surface area contributed by atoms with Gasteiger partial charge in [-0.05, 0) is 12.3 Å². The molecule has 9 heavy (non-hydrogen) atoms. The van der Waals surface area contributed by atoms with Crippen molar-refractivity contribution in [3.05, 3.63) is 16.3 Å². The zero-order valence-corrected chi connectivity index (χ0v) is 5.73. The summed E-state index contributed by atoms with van der Waals surface area (Å²) >= 11 is 1.53. The first-order chi connectivity index (χ1) is 4.34. The maximum absolute atomic E-state index is 8.09. The SMILES string of the molecule is Cc1cscc1OC#N. The van der Waals surface area contributed by atoms with Crippen LogP contribution >= 0.6 is 11.3 Å². The Morgan fingerprint density at radius 1 is 1.67 bits per heavy atom. The molecule has 0 radical (unpaired) electrons. The monoisotopic (exact) mass is 139 g/mol. The smallest absolute Gasteiger partial charge is 0.292 e. The largest absolute Gasteiger partial charge is 0.387 e. The predicted octanol–water partition coefficient (Wildman–Crippen LogP) is 1.92. The molecule has 0 aromatic carbocycles. The topological polar surface area (TPSA) is 33.0 Å². The van der Waals surface area contributed by atoms with E-state index in [1.54, 1.807) is 11.6 Å². The maximum atomic E-state index is 8.09. The van der Waals surface area contributed by atoms with Gasteiger partial charge in [0.05, 0.1) is 0 Å². The lowest BCUT2D eigenvalue weighted by Gasteiger charge is -1.88. The van der Waals surface area contributed by atoms with E-state index in [0.29, 0.717) is 5.75 Å². The molecule has 0 bridgehead atoms. The van der Waals surface area contributed by atoms with Crippen LogP contribution in [0.1, 0.15) is 5.56 Å². The van der Waals surface area contributed by atoms with Gasteiger partial charge in [0.25, 0.3) is 6.26 Å². The Labute approximate surface area is 57.3 Å². The molecule has 0 amide bonds. The van der Waals surface area contributed by atoms with Crippen molar-refractivity contribution < 1.29 is 4.74 Å². The molecule has 0 saturated carbocycles. The van der Waals surface area contributed by atoms with Crippen LogP contribution in [-0.2, 0) is 0 Å². The van der Waals surface area contributed by atoms with Crippen molar-refractivity contribution in [2.75, 3.05) is 0 Å². The van der Waals surface area contributed by atoms with Gasteiger partial charge in [-0.3, -0.25) is 0 Å². The summed E-state index contributed by atoms with van der Waals surface area (Å²) in [6.45, 7) is 1.91. The third kappa shape index (κ3) is 1.21. The van der Waals surface area contributed by atoms with Gasteiger partial charge in [0.15, 0.2) is 5.75 Å². The summed E-state index contributed by atoms with van der Waals surface area (Å²) in [4.78, 5) is 0. The lowest BCUT2D eigenvalue weighted by Crippen LogP contribution is -1.79. The van der Waals surface area contributed by atoms with Crippen LogP contribution < -0.4 is 4.74 Å². The summed E-state index contributed by atoms with van der Waals surface area (Å²) in [5, 5.41) is 11.8. The van der Waals surface area contributed by atoms with Gasteiger partial charge in [0.2, 0.25) is 0 Å². The van der Waals surface area contributed by atoms with Crippen LogP contribution in [0, 0.1) is 18.4 Å². The molecular weight excluding hydrogens is 134 g/mol. The molecule has 1 aromatic heterocycles. The van der Waals surface area contributed by atoms with Gasteiger partial charge in [0.1, 0.15) is 0 Å². The Balaban J connectivity index is 2.84. The molecule has 2 nitrogen and oxygen atoms in total. The van der Waals surface area contributed by atoms with Crippen LogP contribution in [0.5, 0.6) is 5.75 Å². The van der Waals surface area contributed by atoms with Gasteiger partial charge in [-0.25, -0.2) is 0 Å². The average molecular weight is 139 g/mol. The summed E-state index contributed by atoms with van der Waals surface area (Å²) in [5.74, 6) is 0.669. The molecule has 0 atom stereocenters. The van der Waals surface area contributed by atoms with E-state index in [1.807, 2.05) is 12.3 Å². The van der Waals surface area contributed by atoms with Gasteiger partial charge >= 0.3 is 0 Å². The van der Waals surface area contributed by atoms with E-state index in [0.717, 1.165) is 5.56 Å². The summed E-state index contributed by atoms with van der Waals surface area (Å²) in [6, 6.07) is 0. The summed E-state index contributed by atoms with van der Waals surface area (Å²) < 4.78 is 4.59. The molecule has 0 aliphatic heterocycles. The third-order valence-electron chi connectivity index (χ3n) is 0.964. The van der Waals surface area contributed by atoms with Gasteiger partial charge in [-0.2, -0.15) is 0 Å². The zero-order valence-electron chi connectivity index (χ0n) is 4.92. The number of rotatable bonds is 1. The number of ether oxygens (including phenoxy) is 1. The highest BCUT2D eigenvalue weighted by molar-refractivity contribution is 7.08. The maximum Gasteiger partial charge on any atom is 0.292 e. The minimum atomic E-state index is 0.669. The highest BCUT2D eigenvalue weighted by Gasteiger charge is 1.96. The second-order valence-electron chi connectivity index (χ2n) is 1.61. The summed E-state index contributed by atoms with van der Waals surface area (Å²) in [6.07, 6.45) is 1.62. The minimum Gasteiger partial charge on any atom is -0.387 e. The van der Waals surface area contributed by atoms with Crippen LogP contribution in [0.15, 0.2) is 10.8 Å². The number of aryl methyl sites for hydroxylation is 1. The Hall–Kier alpha value is -1.01. The Kier molecular flexibility index (Phi) is 1.71. The van der Waals surface area contributed by atoms with E-state index in [2.05, 4.69) is 4.74 Å². The number of thiophene rings is 1.